The Kier molecular flexibility index (Phi) is 7.47. The smallest absolute Gasteiger partial charge is 0.307 e. The largest absolute Gasteiger partial charge is 0.460 e. The van der Waals surface area contributed by atoms with Crippen LogP contribution in [0.1, 0.15) is 99.8 Å². The Labute approximate surface area is 256 Å². The monoisotopic (exact) mass is 619 g/mol. The lowest BCUT2D eigenvalue weighted by Crippen LogP contribution is -2.57. The molecule has 0 bridgehead atoms. The summed E-state index contributed by atoms with van der Waals surface area (Å²) in [5, 5.41) is 2.32. The van der Waals surface area contributed by atoms with Crippen LogP contribution in [-0.4, -0.2) is 66.0 Å². The summed E-state index contributed by atoms with van der Waals surface area (Å²) in [7, 11) is -3.81. The van der Waals surface area contributed by atoms with E-state index in [1.165, 1.54) is 0 Å². The summed E-state index contributed by atoms with van der Waals surface area (Å²) in [4.78, 5) is 56.3. The van der Waals surface area contributed by atoms with Crippen LogP contribution in [0.25, 0.3) is 0 Å². The van der Waals surface area contributed by atoms with E-state index >= 15 is 0 Å². The average molecular weight is 620 g/mol. The molecule has 0 aromatic rings. The number of fused-ring (bicyclic) bond motifs is 1. The van der Waals surface area contributed by atoms with E-state index < -0.39 is 62.1 Å². The van der Waals surface area contributed by atoms with Gasteiger partial charge in [0, 0.05) is 17.9 Å². The number of hydrogen-bond acceptors (Lipinski definition) is 7. The van der Waals surface area contributed by atoms with Crippen molar-refractivity contribution in [3.05, 3.63) is 12.7 Å². The summed E-state index contributed by atoms with van der Waals surface area (Å²) in [6.07, 6.45) is 6.39. The minimum Gasteiger partial charge on any atom is -0.460 e. The van der Waals surface area contributed by atoms with Gasteiger partial charge in [0.05, 0.1) is 17.6 Å². The molecule has 4 aliphatic carbocycles. The standard InChI is InChI=1S/C32H49N3O7S/c1-9-20-16-32(20,27(39)34-43(40,41)21-11-12-21)33-25(37)23-17-31(29(7,8)30(31)13-10-14-30)18-35(23)26(38)22(19(2)3)15-24(36)42-28(4,5)6/h9,19-23H,1,10-18H2,2-8H3,(H,33,37)(H,34,39)/t20-,22+,23+,31-,32-/m1/s1. The van der Waals surface area contributed by atoms with Crippen molar-refractivity contribution in [1.29, 1.82) is 0 Å². The van der Waals surface area contributed by atoms with Gasteiger partial charge in [0.1, 0.15) is 17.2 Å². The predicted octanol–water partition coefficient (Wildman–Crippen LogP) is 3.46. The van der Waals surface area contributed by atoms with E-state index in [1.54, 1.807) is 31.7 Å². The van der Waals surface area contributed by atoms with Crippen LogP contribution < -0.4 is 10.0 Å². The normalized spacial score (nSPS) is 32.6. The number of carbonyl (C=O) groups is 4. The van der Waals surface area contributed by atoms with Crippen LogP contribution in [0, 0.1) is 34.0 Å². The molecule has 0 unspecified atom stereocenters. The second-order valence-electron chi connectivity index (χ2n) is 15.7. The lowest BCUT2D eigenvalue weighted by Gasteiger charge is -2.32. The van der Waals surface area contributed by atoms with Crippen LogP contribution in [0.2, 0.25) is 0 Å². The number of amides is 3. The summed E-state index contributed by atoms with van der Waals surface area (Å²) in [5.41, 5.74) is -2.37. The molecular weight excluding hydrogens is 570 g/mol. The van der Waals surface area contributed by atoms with Gasteiger partial charge in [-0.15, -0.1) is 6.58 Å². The molecule has 1 heterocycles. The molecule has 5 rings (SSSR count). The molecule has 5 aliphatic rings. The zero-order valence-electron chi connectivity index (χ0n) is 26.7. The van der Waals surface area contributed by atoms with E-state index in [0.717, 1.165) is 19.3 Å². The van der Waals surface area contributed by atoms with Crippen molar-refractivity contribution in [1.82, 2.24) is 14.9 Å². The van der Waals surface area contributed by atoms with Crippen LogP contribution in [-0.2, 0) is 33.9 Å². The molecule has 4 saturated carbocycles. The Hall–Kier alpha value is -2.43. The molecule has 240 valence electrons. The van der Waals surface area contributed by atoms with Crippen LogP contribution >= 0.6 is 0 Å². The van der Waals surface area contributed by atoms with Crippen molar-refractivity contribution in [2.24, 2.45) is 34.0 Å². The molecule has 43 heavy (non-hydrogen) atoms. The lowest BCUT2D eigenvalue weighted by atomic mass is 9.73. The van der Waals surface area contributed by atoms with Gasteiger partial charge in [0.2, 0.25) is 21.8 Å². The minimum absolute atomic E-state index is 0.0582. The Balaban J connectivity index is 1.41. The third-order valence-corrected chi connectivity index (χ3v) is 13.4. The van der Waals surface area contributed by atoms with Crippen molar-refractivity contribution >= 4 is 33.7 Å². The SMILES string of the molecule is C=C[C@@H]1C[C@]1(NC(=O)[C@@H]1C[C@@]2(CN1C(=O)[C@@H](CC(=O)OC(C)(C)C)C(C)C)C(C)(C)C21CCC1)C(=O)NS(=O)(=O)C1CC1. The van der Waals surface area contributed by atoms with Crippen LogP contribution in [0.5, 0.6) is 0 Å². The summed E-state index contributed by atoms with van der Waals surface area (Å²) in [6, 6.07) is -0.845. The Morgan fingerprint density at radius 1 is 1.07 bits per heavy atom. The molecule has 10 nitrogen and oxygen atoms in total. The van der Waals surface area contributed by atoms with Gasteiger partial charge in [-0.05, 0) is 76.0 Å². The third-order valence-electron chi connectivity index (χ3n) is 11.6. The van der Waals surface area contributed by atoms with Gasteiger partial charge < -0.3 is 15.0 Å². The quantitative estimate of drug-likeness (QED) is 0.282. The first-order chi connectivity index (χ1) is 19.8. The van der Waals surface area contributed by atoms with Crippen molar-refractivity contribution in [3.63, 3.8) is 0 Å². The maximum Gasteiger partial charge on any atom is 0.307 e. The highest BCUT2D eigenvalue weighted by atomic mass is 32.2. The highest BCUT2D eigenvalue weighted by Gasteiger charge is 2.85. The molecule has 2 N–H and O–H groups in total. The molecule has 1 aliphatic heterocycles. The zero-order chi connectivity index (χ0) is 32.0. The fourth-order valence-corrected chi connectivity index (χ4v) is 9.83. The number of likely N-dealkylation sites (tertiary alicyclic amines) is 1. The van der Waals surface area contributed by atoms with Gasteiger partial charge in [0.25, 0.3) is 5.91 Å². The highest BCUT2D eigenvalue weighted by Crippen LogP contribution is 2.88. The molecule has 11 heteroatoms. The molecule has 0 aromatic heterocycles. The van der Waals surface area contributed by atoms with Gasteiger partial charge in [-0.25, -0.2) is 8.42 Å². The van der Waals surface area contributed by atoms with E-state index in [-0.39, 0.29) is 40.9 Å². The van der Waals surface area contributed by atoms with Crippen molar-refractivity contribution in [2.75, 3.05) is 6.54 Å². The summed E-state index contributed by atoms with van der Waals surface area (Å²) < 4.78 is 32.9. The van der Waals surface area contributed by atoms with Crippen molar-refractivity contribution < 1.29 is 32.3 Å². The molecule has 0 aromatic carbocycles. The molecule has 3 amide bonds. The molecule has 2 spiro atoms. The highest BCUT2D eigenvalue weighted by molar-refractivity contribution is 7.91. The fourth-order valence-electron chi connectivity index (χ4n) is 8.47. The Bertz CT molecular complexity index is 1340. The number of hydrogen-bond donors (Lipinski definition) is 2. The number of rotatable bonds is 10. The number of esters is 1. The summed E-state index contributed by atoms with van der Waals surface area (Å²) in [6.45, 7) is 17.8. The third kappa shape index (κ3) is 5.01. The van der Waals surface area contributed by atoms with Gasteiger partial charge in [0.15, 0.2) is 0 Å². The van der Waals surface area contributed by atoms with Crippen molar-refractivity contribution in [2.45, 2.75) is 122 Å². The number of nitrogens with one attached hydrogen (secondary N) is 2. The maximum absolute atomic E-state index is 14.3. The van der Waals surface area contributed by atoms with Gasteiger partial charge in [-0.1, -0.05) is 40.2 Å². The van der Waals surface area contributed by atoms with E-state index in [0.29, 0.717) is 25.8 Å². The van der Waals surface area contributed by atoms with E-state index in [1.807, 2.05) is 13.8 Å². The minimum atomic E-state index is -3.81. The van der Waals surface area contributed by atoms with Crippen LogP contribution in [0.3, 0.4) is 0 Å². The number of ether oxygens (including phenoxy) is 1. The van der Waals surface area contributed by atoms with E-state index in [9.17, 15) is 27.6 Å². The molecule has 5 atom stereocenters. The van der Waals surface area contributed by atoms with Crippen LogP contribution in [0.15, 0.2) is 12.7 Å². The van der Waals surface area contributed by atoms with Gasteiger partial charge >= 0.3 is 5.97 Å². The zero-order valence-corrected chi connectivity index (χ0v) is 27.6. The van der Waals surface area contributed by atoms with E-state index in [2.05, 4.69) is 30.5 Å². The first kappa shape index (κ1) is 32.0. The topological polar surface area (TPSA) is 139 Å². The molecule has 1 saturated heterocycles. The summed E-state index contributed by atoms with van der Waals surface area (Å²) >= 11 is 0. The number of carbonyl (C=O) groups excluding carboxylic acids is 4. The van der Waals surface area contributed by atoms with Gasteiger partial charge in [-0.3, -0.25) is 23.9 Å². The lowest BCUT2D eigenvalue weighted by molar-refractivity contribution is -0.159. The second-order valence-corrected chi connectivity index (χ2v) is 17.6. The fraction of sp³-hybridized carbons (Fsp3) is 0.812. The Morgan fingerprint density at radius 2 is 1.70 bits per heavy atom. The van der Waals surface area contributed by atoms with Gasteiger partial charge in [-0.2, -0.15) is 0 Å². The molecule has 0 radical (unpaired) electrons. The molecular formula is C32H49N3O7S. The van der Waals surface area contributed by atoms with Crippen LogP contribution in [0.4, 0.5) is 0 Å². The number of nitrogens with zero attached hydrogens (tertiary/aromatic N) is 1. The molecule has 5 fully saturated rings. The first-order valence-corrected chi connectivity index (χ1v) is 17.4. The second kappa shape index (κ2) is 10.0. The maximum atomic E-state index is 14.3. The van der Waals surface area contributed by atoms with Crippen molar-refractivity contribution in [3.8, 4) is 0 Å². The summed E-state index contributed by atoms with van der Waals surface area (Å²) in [5.74, 6) is -3.22. The first-order valence-electron chi connectivity index (χ1n) is 15.8. The predicted molar refractivity (Wildman–Crippen MR) is 161 cm³/mol. The van der Waals surface area contributed by atoms with E-state index in [4.69, 9.17) is 4.74 Å². The average Bonchev–Trinajstić information content (AvgIpc) is 3.78. The number of sulfonamides is 1. The Morgan fingerprint density at radius 3 is 2.14 bits per heavy atom.